The zero-order valence-electron chi connectivity index (χ0n) is 13.0. The van der Waals surface area contributed by atoms with Crippen molar-refractivity contribution in [2.45, 2.75) is 31.6 Å². The molecule has 3 N–H and O–H groups in total. The molecule has 6 nitrogen and oxygen atoms in total. The second-order valence-electron chi connectivity index (χ2n) is 5.97. The lowest BCUT2D eigenvalue weighted by molar-refractivity contribution is -0.133. The molecule has 2 aromatic heterocycles. The number of rotatable bonds is 4. The first-order valence-corrected chi connectivity index (χ1v) is 8.66. The molecular formula is C16H20N4O2S. The van der Waals surface area contributed by atoms with Crippen LogP contribution in [0.2, 0.25) is 0 Å². The number of nitrogens with zero attached hydrogens (tertiary/aromatic N) is 2. The van der Waals surface area contributed by atoms with E-state index >= 15 is 0 Å². The molecule has 23 heavy (non-hydrogen) atoms. The molecule has 2 amide bonds. The number of carbonyl (C=O) groups is 2. The van der Waals surface area contributed by atoms with E-state index in [0.29, 0.717) is 6.54 Å². The van der Waals surface area contributed by atoms with E-state index in [0.717, 1.165) is 30.6 Å². The van der Waals surface area contributed by atoms with Crippen molar-refractivity contribution >= 4 is 23.2 Å². The first-order chi connectivity index (χ1) is 11.1. The zero-order chi connectivity index (χ0) is 16.4. The van der Waals surface area contributed by atoms with Gasteiger partial charge in [0.15, 0.2) is 0 Å². The SMILES string of the molecule is C[C@H](C(=O)N1CCC[C@@H](c2cc(C(N)=O)n[nH]2)C1)c1ccsc1. The number of amides is 2. The lowest BCUT2D eigenvalue weighted by Crippen LogP contribution is -2.41. The van der Waals surface area contributed by atoms with Crippen molar-refractivity contribution in [1.29, 1.82) is 0 Å². The fourth-order valence-corrected chi connectivity index (χ4v) is 3.80. The van der Waals surface area contributed by atoms with Crippen LogP contribution in [-0.4, -0.2) is 40.0 Å². The van der Waals surface area contributed by atoms with Crippen LogP contribution in [0.5, 0.6) is 0 Å². The predicted molar refractivity (Wildman–Crippen MR) is 88.4 cm³/mol. The topological polar surface area (TPSA) is 92.1 Å². The number of likely N-dealkylation sites (tertiary alicyclic amines) is 1. The molecule has 0 bridgehead atoms. The Morgan fingerprint density at radius 1 is 1.52 bits per heavy atom. The van der Waals surface area contributed by atoms with Crippen LogP contribution >= 0.6 is 11.3 Å². The molecule has 3 rings (SSSR count). The fraction of sp³-hybridized carbons (Fsp3) is 0.438. The molecule has 1 aliphatic heterocycles. The molecule has 2 aromatic rings. The second-order valence-corrected chi connectivity index (χ2v) is 6.75. The highest BCUT2D eigenvalue weighted by Gasteiger charge is 2.29. The van der Waals surface area contributed by atoms with E-state index in [9.17, 15) is 9.59 Å². The van der Waals surface area contributed by atoms with Crippen LogP contribution in [0.25, 0.3) is 0 Å². The summed E-state index contributed by atoms with van der Waals surface area (Å²) < 4.78 is 0. The van der Waals surface area contributed by atoms with E-state index < -0.39 is 5.91 Å². The van der Waals surface area contributed by atoms with Gasteiger partial charge in [0.2, 0.25) is 5.91 Å². The van der Waals surface area contributed by atoms with Gasteiger partial charge < -0.3 is 10.6 Å². The average molecular weight is 332 g/mol. The van der Waals surface area contributed by atoms with Crippen molar-refractivity contribution in [2.24, 2.45) is 5.73 Å². The molecule has 7 heteroatoms. The molecule has 0 aliphatic carbocycles. The summed E-state index contributed by atoms with van der Waals surface area (Å²) in [5.41, 5.74) is 7.43. The minimum Gasteiger partial charge on any atom is -0.364 e. The predicted octanol–water partition coefficient (Wildman–Crippen LogP) is 2.08. The molecule has 0 aromatic carbocycles. The number of piperidine rings is 1. The first-order valence-electron chi connectivity index (χ1n) is 7.72. The molecule has 0 saturated carbocycles. The van der Waals surface area contributed by atoms with Gasteiger partial charge in [-0.15, -0.1) is 0 Å². The summed E-state index contributed by atoms with van der Waals surface area (Å²) in [6, 6.07) is 3.70. The van der Waals surface area contributed by atoms with Crippen LogP contribution in [0.15, 0.2) is 22.9 Å². The normalized spacial score (nSPS) is 19.5. The third-order valence-corrected chi connectivity index (χ3v) is 5.14. The number of H-pyrrole nitrogens is 1. The van der Waals surface area contributed by atoms with Crippen molar-refractivity contribution in [1.82, 2.24) is 15.1 Å². The Labute approximate surface area is 138 Å². The van der Waals surface area contributed by atoms with Crippen molar-refractivity contribution in [3.8, 4) is 0 Å². The monoisotopic (exact) mass is 332 g/mol. The van der Waals surface area contributed by atoms with E-state index in [2.05, 4.69) is 10.2 Å². The fourth-order valence-electron chi connectivity index (χ4n) is 3.04. The Balaban J connectivity index is 1.70. The average Bonchev–Trinajstić information content (AvgIpc) is 3.25. The van der Waals surface area contributed by atoms with E-state index in [4.69, 9.17) is 5.73 Å². The standard InChI is InChI=1S/C16H20N4O2S/c1-10(12-4-6-23-9-12)16(22)20-5-2-3-11(8-20)13-7-14(15(17)21)19-18-13/h4,6-7,9-11H,2-3,5,8H2,1H3,(H2,17,21)(H,18,19)/t10-,11+/m0/s1. The summed E-state index contributed by atoms with van der Waals surface area (Å²) >= 11 is 1.61. The second kappa shape index (κ2) is 6.54. The largest absolute Gasteiger partial charge is 0.364 e. The van der Waals surface area contributed by atoms with Crippen LogP contribution in [0.4, 0.5) is 0 Å². The highest BCUT2D eigenvalue weighted by atomic mass is 32.1. The lowest BCUT2D eigenvalue weighted by atomic mass is 9.93. The number of carbonyl (C=O) groups excluding carboxylic acids is 2. The molecule has 3 heterocycles. The van der Waals surface area contributed by atoms with Crippen LogP contribution in [-0.2, 0) is 4.79 Å². The van der Waals surface area contributed by atoms with Crippen LogP contribution in [0.3, 0.4) is 0 Å². The molecule has 122 valence electrons. The van der Waals surface area contributed by atoms with E-state index in [-0.39, 0.29) is 23.4 Å². The van der Waals surface area contributed by atoms with Crippen LogP contribution < -0.4 is 5.73 Å². The highest BCUT2D eigenvalue weighted by molar-refractivity contribution is 7.08. The van der Waals surface area contributed by atoms with Gasteiger partial charge in [0, 0.05) is 24.7 Å². The minimum atomic E-state index is -0.540. The molecule has 0 radical (unpaired) electrons. The van der Waals surface area contributed by atoms with Gasteiger partial charge in [0.25, 0.3) is 5.91 Å². The van der Waals surface area contributed by atoms with Gasteiger partial charge in [-0.25, -0.2) is 0 Å². The van der Waals surface area contributed by atoms with Crippen molar-refractivity contribution in [3.05, 3.63) is 39.8 Å². The first kappa shape index (κ1) is 15.7. The van der Waals surface area contributed by atoms with Gasteiger partial charge in [-0.05, 0) is 48.2 Å². The van der Waals surface area contributed by atoms with Crippen molar-refractivity contribution in [3.63, 3.8) is 0 Å². The third kappa shape index (κ3) is 3.29. The van der Waals surface area contributed by atoms with Gasteiger partial charge in [-0.3, -0.25) is 14.7 Å². The Morgan fingerprint density at radius 3 is 3.00 bits per heavy atom. The van der Waals surface area contributed by atoms with Crippen LogP contribution in [0.1, 0.15) is 53.3 Å². The van der Waals surface area contributed by atoms with E-state index in [1.54, 1.807) is 17.4 Å². The third-order valence-electron chi connectivity index (χ3n) is 4.44. The molecule has 0 spiro atoms. The molecule has 1 aliphatic rings. The quantitative estimate of drug-likeness (QED) is 0.898. The molecule has 1 fully saturated rings. The number of hydrogen-bond acceptors (Lipinski definition) is 4. The number of nitrogens with two attached hydrogens (primary N) is 1. The number of hydrogen-bond donors (Lipinski definition) is 2. The zero-order valence-corrected chi connectivity index (χ0v) is 13.8. The van der Waals surface area contributed by atoms with E-state index in [1.165, 1.54) is 0 Å². The maximum Gasteiger partial charge on any atom is 0.269 e. The summed E-state index contributed by atoms with van der Waals surface area (Å²) in [7, 11) is 0. The summed E-state index contributed by atoms with van der Waals surface area (Å²) in [6.45, 7) is 3.38. The Kier molecular flexibility index (Phi) is 4.47. The summed E-state index contributed by atoms with van der Waals surface area (Å²) in [6.07, 6.45) is 1.91. The van der Waals surface area contributed by atoms with Gasteiger partial charge in [-0.1, -0.05) is 0 Å². The van der Waals surface area contributed by atoms with E-state index in [1.807, 2.05) is 28.7 Å². The number of aromatic amines is 1. The summed E-state index contributed by atoms with van der Waals surface area (Å²) in [5, 5.41) is 10.8. The minimum absolute atomic E-state index is 0.122. The number of primary amides is 1. The maximum absolute atomic E-state index is 12.7. The number of aromatic nitrogens is 2. The number of nitrogens with one attached hydrogen (secondary N) is 1. The summed E-state index contributed by atoms with van der Waals surface area (Å²) in [5.74, 6) is -0.337. The van der Waals surface area contributed by atoms with Gasteiger partial charge in [-0.2, -0.15) is 16.4 Å². The Morgan fingerprint density at radius 2 is 2.35 bits per heavy atom. The smallest absolute Gasteiger partial charge is 0.269 e. The van der Waals surface area contributed by atoms with Crippen molar-refractivity contribution in [2.75, 3.05) is 13.1 Å². The van der Waals surface area contributed by atoms with Gasteiger partial charge in [0.1, 0.15) is 5.69 Å². The molecular weight excluding hydrogens is 312 g/mol. The molecule has 2 atom stereocenters. The maximum atomic E-state index is 12.7. The van der Waals surface area contributed by atoms with Gasteiger partial charge >= 0.3 is 0 Å². The van der Waals surface area contributed by atoms with Crippen LogP contribution in [0, 0.1) is 0 Å². The molecule has 0 unspecified atom stereocenters. The lowest BCUT2D eigenvalue weighted by Gasteiger charge is -2.33. The molecule has 1 saturated heterocycles. The Hall–Kier alpha value is -2.15. The number of thiophene rings is 1. The summed E-state index contributed by atoms with van der Waals surface area (Å²) in [4.78, 5) is 25.8. The highest BCUT2D eigenvalue weighted by Crippen LogP contribution is 2.29. The Bertz CT molecular complexity index is 695. The van der Waals surface area contributed by atoms with Crippen molar-refractivity contribution < 1.29 is 9.59 Å². The van der Waals surface area contributed by atoms with Gasteiger partial charge in [0.05, 0.1) is 5.92 Å².